The number of nitrogens with one attached hydrogen (secondary N) is 1. The van der Waals surface area contributed by atoms with Gasteiger partial charge in [-0.1, -0.05) is 0 Å². The Balaban J connectivity index is 2.14. The van der Waals surface area contributed by atoms with Crippen LogP contribution < -0.4 is 14.8 Å². The molecule has 0 atom stereocenters. The maximum Gasteiger partial charge on any atom is 0.140 e. The predicted octanol–water partition coefficient (Wildman–Crippen LogP) is 4.24. The normalized spacial score (nSPS) is 10.2. The predicted molar refractivity (Wildman–Crippen MR) is 86.5 cm³/mol. The minimum Gasteiger partial charge on any atom is -0.497 e. The van der Waals surface area contributed by atoms with Crippen molar-refractivity contribution >= 4 is 37.7 Å². The van der Waals surface area contributed by atoms with Crippen LogP contribution in [0.3, 0.4) is 0 Å². The lowest BCUT2D eigenvalue weighted by molar-refractivity contribution is 0.391. The Labute approximate surface area is 134 Å². The van der Waals surface area contributed by atoms with E-state index in [9.17, 15) is 0 Å². The molecule has 106 valence electrons. The number of methoxy groups -OCH3 is 2. The molecule has 1 aromatic carbocycles. The molecule has 4 nitrogen and oxygen atoms in total. The molecule has 0 spiro atoms. The van der Waals surface area contributed by atoms with Gasteiger partial charge in [0, 0.05) is 28.8 Å². The van der Waals surface area contributed by atoms with E-state index in [0.29, 0.717) is 6.54 Å². The van der Waals surface area contributed by atoms with Crippen molar-refractivity contribution in [3.63, 3.8) is 0 Å². The first-order valence-electron chi connectivity index (χ1n) is 5.90. The van der Waals surface area contributed by atoms with Crippen molar-refractivity contribution in [3.8, 4) is 11.5 Å². The Kier molecular flexibility index (Phi) is 5.25. The molecule has 0 aliphatic heterocycles. The number of hydrogen-bond acceptors (Lipinski definition) is 4. The zero-order chi connectivity index (χ0) is 14.5. The largest absolute Gasteiger partial charge is 0.497 e. The van der Waals surface area contributed by atoms with Crippen molar-refractivity contribution < 1.29 is 9.47 Å². The zero-order valence-electron chi connectivity index (χ0n) is 11.1. The first-order chi connectivity index (χ1) is 9.63. The summed E-state index contributed by atoms with van der Waals surface area (Å²) < 4.78 is 12.4. The number of ether oxygens (including phenoxy) is 2. The molecular formula is C14H14Br2N2O2. The fourth-order valence-electron chi connectivity index (χ4n) is 1.72. The van der Waals surface area contributed by atoms with Gasteiger partial charge in [0.05, 0.1) is 18.7 Å². The number of nitrogens with zero attached hydrogens (tertiary/aromatic N) is 1. The molecule has 0 fully saturated rings. The van der Waals surface area contributed by atoms with Crippen molar-refractivity contribution in [2.24, 2.45) is 0 Å². The van der Waals surface area contributed by atoms with Gasteiger partial charge in [-0.05, 0) is 50.1 Å². The summed E-state index contributed by atoms with van der Waals surface area (Å²) in [7, 11) is 3.28. The SMILES string of the molecule is COc1ccc(CNc2ncc(Br)cc2Br)c(OC)c1. The van der Waals surface area contributed by atoms with Crippen LogP contribution in [0.25, 0.3) is 0 Å². The Morgan fingerprint density at radius 2 is 1.95 bits per heavy atom. The summed E-state index contributed by atoms with van der Waals surface area (Å²) >= 11 is 6.85. The van der Waals surface area contributed by atoms with Crippen LogP contribution in [-0.2, 0) is 6.54 Å². The minimum absolute atomic E-state index is 0.612. The van der Waals surface area contributed by atoms with Crippen LogP contribution in [0.15, 0.2) is 39.4 Å². The summed E-state index contributed by atoms with van der Waals surface area (Å²) in [5.41, 5.74) is 1.03. The van der Waals surface area contributed by atoms with Gasteiger partial charge < -0.3 is 14.8 Å². The zero-order valence-corrected chi connectivity index (χ0v) is 14.3. The molecule has 0 aliphatic rings. The molecule has 0 bridgehead atoms. The molecule has 2 rings (SSSR count). The summed E-state index contributed by atoms with van der Waals surface area (Å²) in [6.45, 7) is 0.612. The molecule has 0 aliphatic carbocycles. The molecular weight excluding hydrogens is 388 g/mol. The van der Waals surface area contributed by atoms with Crippen LogP contribution in [0.5, 0.6) is 11.5 Å². The van der Waals surface area contributed by atoms with Gasteiger partial charge >= 0.3 is 0 Å². The molecule has 0 saturated heterocycles. The number of halogens is 2. The van der Waals surface area contributed by atoms with Gasteiger partial charge in [-0.15, -0.1) is 0 Å². The van der Waals surface area contributed by atoms with Crippen LogP contribution in [0.4, 0.5) is 5.82 Å². The van der Waals surface area contributed by atoms with E-state index in [1.54, 1.807) is 20.4 Å². The maximum absolute atomic E-state index is 5.37. The summed E-state index contributed by atoms with van der Waals surface area (Å²) in [5, 5.41) is 3.27. The van der Waals surface area contributed by atoms with Crippen LogP contribution >= 0.6 is 31.9 Å². The highest BCUT2D eigenvalue weighted by Crippen LogP contribution is 2.27. The van der Waals surface area contributed by atoms with Gasteiger partial charge in [0.15, 0.2) is 0 Å². The minimum atomic E-state index is 0.612. The number of benzene rings is 1. The molecule has 0 saturated carbocycles. The standard InChI is InChI=1S/C14H14Br2N2O2/c1-19-11-4-3-9(13(6-11)20-2)7-17-14-12(16)5-10(15)8-18-14/h3-6,8H,7H2,1-2H3,(H,17,18). The number of rotatable bonds is 5. The average Bonchev–Trinajstić information content (AvgIpc) is 2.46. The van der Waals surface area contributed by atoms with Crippen LogP contribution in [-0.4, -0.2) is 19.2 Å². The van der Waals surface area contributed by atoms with Gasteiger partial charge in [0.1, 0.15) is 17.3 Å². The number of anilines is 1. The number of pyridine rings is 1. The molecule has 2 aromatic rings. The second-order valence-electron chi connectivity index (χ2n) is 4.02. The van der Waals surface area contributed by atoms with Crippen LogP contribution in [0.1, 0.15) is 5.56 Å². The molecule has 0 radical (unpaired) electrons. The van der Waals surface area contributed by atoms with E-state index in [1.807, 2.05) is 24.3 Å². The topological polar surface area (TPSA) is 43.4 Å². The third kappa shape index (κ3) is 3.64. The second kappa shape index (κ2) is 6.95. The molecule has 20 heavy (non-hydrogen) atoms. The lowest BCUT2D eigenvalue weighted by Gasteiger charge is -2.12. The fraction of sp³-hybridized carbons (Fsp3) is 0.214. The highest BCUT2D eigenvalue weighted by atomic mass is 79.9. The van der Waals surface area contributed by atoms with Crippen LogP contribution in [0, 0.1) is 0 Å². The van der Waals surface area contributed by atoms with E-state index in [4.69, 9.17) is 9.47 Å². The lowest BCUT2D eigenvalue weighted by Crippen LogP contribution is -2.04. The summed E-state index contributed by atoms with van der Waals surface area (Å²) in [5.74, 6) is 2.34. The van der Waals surface area contributed by atoms with Gasteiger partial charge in [-0.2, -0.15) is 0 Å². The highest BCUT2D eigenvalue weighted by Gasteiger charge is 2.07. The Morgan fingerprint density at radius 1 is 1.15 bits per heavy atom. The van der Waals surface area contributed by atoms with Crippen molar-refractivity contribution in [3.05, 3.63) is 45.0 Å². The summed E-state index contributed by atoms with van der Waals surface area (Å²) in [6.07, 6.45) is 1.75. The first kappa shape index (κ1) is 15.1. The number of aromatic nitrogens is 1. The van der Waals surface area contributed by atoms with E-state index in [0.717, 1.165) is 31.8 Å². The van der Waals surface area contributed by atoms with Gasteiger partial charge in [0.25, 0.3) is 0 Å². The smallest absolute Gasteiger partial charge is 0.140 e. The molecule has 6 heteroatoms. The van der Waals surface area contributed by atoms with Crippen molar-refractivity contribution in [1.82, 2.24) is 4.98 Å². The molecule has 0 unspecified atom stereocenters. The third-order valence-electron chi connectivity index (χ3n) is 2.75. The quantitative estimate of drug-likeness (QED) is 0.813. The van der Waals surface area contributed by atoms with Crippen molar-refractivity contribution in [1.29, 1.82) is 0 Å². The molecule has 1 aromatic heterocycles. The van der Waals surface area contributed by atoms with Gasteiger partial charge in [-0.25, -0.2) is 4.98 Å². The Morgan fingerprint density at radius 3 is 2.60 bits per heavy atom. The highest BCUT2D eigenvalue weighted by molar-refractivity contribution is 9.11. The first-order valence-corrected chi connectivity index (χ1v) is 7.48. The van der Waals surface area contributed by atoms with E-state index in [-0.39, 0.29) is 0 Å². The van der Waals surface area contributed by atoms with Gasteiger partial charge in [0.2, 0.25) is 0 Å². The van der Waals surface area contributed by atoms with Crippen LogP contribution in [0.2, 0.25) is 0 Å². The van der Waals surface area contributed by atoms with Gasteiger partial charge in [-0.3, -0.25) is 0 Å². The van der Waals surface area contributed by atoms with E-state index < -0.39 is 0 Å². The summed E-state index contributed by atoms with van der Waals surface area (Å²) in [6, 6.07) is 7.68. The average molecular weight is 402 g/mol. The Bertz CT molecular complexity index is 606. The van der Waals surface area contributed by atoms with E-state index in [1.165, 1.54) is 0 Å². The molecule has 0 amide bonds. The lowest BCUT2D eigenvalue weighted by atomic mass is 10.2. The van der Waals surface area contributed by atoms with E-state index in [2.05, 4.69) is 42.2 Å². The monoisotopic (exact) mass is 400 g/mol. The van der Waals surface area contributed by atoms with Crippen molar-refractivity contribution in [2.45, 2.75) is 6.54 Å². The third-order valence-corrected chi connectivity index (χ3v) is 3.79. The van der Waals surface area contributed by atoms with E-state index >= 15 is 0 Å². The summed E-state index contributed by atoms with van der Waals surface area (Å²) in [4.78, 5) is 4.31. The maximum atomic E-state index is 5.37. The Hall–Kier alpha value is -1.27. The fourth-order valence-corrected chi connectivity index (χ4v) is 2.85. The number of hydrogen-bond donors (Lipinski definition) is 1. The van der Waals surface area contributed by atoms with Crippen molar-refractivity contribution in [2.75, 3.05) is 19.5 Å². The second-order valence-corrected chi connectivity index (χ2v) is 5.79. The molecule has 1 N–H and O–H groups in total. The molecule has 1 heterocycles.